The fraction of sp³-hybridized carbons (Fsp3) is 0.737. The van der Waals surface area contributed by atoms with Gasteiger partial charge in [-0.2, -0.15) is 0 Å². The van der Waals surface area contributed by atoms with Gasteiger partial charge in [-0.25, -0.2) is 4.98 Å². The molecule has 2 rings (SSSR count). The van der Waals surface area contributed by atoms with E-state index in [1.807, 2.05) is 18.9 Å². The van der Waals surface area contributed by atoms with Crippen molar-refractivity contribution in [2.45, 2.75) is 58.2 Å². The number of rotatable bonds is 9. The van der Waals surface area contributed by atoms with E-state index in [2.05, 4.69) is 32.5 Å². The Hall–Kier alpha value is -1.67. The van der Waals surface area contributed by atoms with Gasteiger partial charge in [-0.05, 0) is 26.2 Å². The number of aliphatic imine (C=N–C) groups is 1. The Labute approximate surface area is 166 Å². The number of aromatic nitrogens is 1. The summed E-state index contributed by atoms with van der Waals surface area (Å²) in [4.78, 5) is 25.1. The molecule has 0 aromatic carbocycles. The van der Waals surface area contributed by atoms with Crippen LogP contribution in [-0.2, 0) is 16.1 Å². The normalized spacial score (nSPS) is 17.3. The maximum Gasteiger partial charge on any atom is 0.222 e. The second-order valence-electron chi connectivity index (χ2n) is 6.93. The highest BCUT2D eigenvalue weighted by atomic mass is 32.1. The summed E-state index contributed by atoms with van der Waals surface area (Å²) in [5, 5.41) is 6.48. The van der Waals surface area contributed by atoms with Crippen molar-refractivity contribution in [1.82, 2.24) is 20.1 Å². The zero-order valence-electron chi connectivity index (χ0n) is 17.2. The lowest BCUT2D eigenvalue weighted by Crippen LogP contribution is -2.42. The molecule has 2 atom stereocenters. The number of guanidine groups is 1. The van der Waals surface area contributed by atoms with E-state index in [1.165, 1.54) is 0 Å². The molecule has 27 heavy (non-hydrogen) atoms. The molecule has 2 unspecified atom stereocenters. The van der Waals surface area contributed by atoms with E-state index < -0.39 is 0 Å². The summed E-state index contributed by atoms with van der Waals surface area (Å²) in [6, 6.07) is 0.313. The van der Waals surface area contributed by atoms with Crippen molar-refractivity contribution in [3.05, 3.63) is 16.1 Å². The molecule has 1 aliphatic heterocycles. The quantitative estimate of drug-likeness (QED) is 0.514. The van der Waals surface area contributed by atoms with Crippen LogP contribution in [0.1, 0.15) is 56.3 Å². The first-order valence-electron chi connectivity index (χ1n) is 9.68. The van der Waals surface area contributed by atoms with Gasteiger partial charge < -0.3 is 19.9 Å². The summed E-state index contributed by atoms with van der Waals surface area (Å²) in [5.74, 6) is 1.14. The topological polar surface area (TPSA) is 70.1 Å². The summed E-state index contributed by atoms with van der Waals surface area (Å²) < 4.78 is 5.33. The number of thiazole rings is 1. The molecule has 8 heteroatoms. The second-order valence-corrected chi connectivity index (χ2v) is 7.82. The smallest absolute Gasteiger partial charge is 0.222 e. The lowest BCUT2D eigenvalue weighted by molar-refractivity contribution is -0.129. The number of likely N-dealkylation sites (tertiary alicyclic amines) is 1. The lowest BCUT2D eigenvalue weighted by atomic mass is 10.1. The van der Waals surface area contributed by atoms with Crippen LogP contribution >= 0.6 is 11.3 Å². The molecule has 152 valence electrons. The molecule has 1 aromatic heterocycles. The van der Waals surface area contributed by atoms with Crippen LogP contribution in [0.2, 0.25) is 0 Å². The summed E-state index contributed by atoms with van der Waals surface area (Å²) in [5.41, 5.74) is 1.01. The van der Waals surface area contributed by atoms with Crippen molar-refractivity contribution in [2.24, 2.45) is 4.99 Å². The van der Waals surface area contributed by atoms with Gasteiger partial charge in [0.2, 0.25) is 5.91 Å². The number of hydrogen-bond donors (Lipinski definition) is 1. The minimum absolute atomic E-state index is 0.0192. The number of carbonyl (C=O) groups is 1. The van der Waals surface area contributed by atoms with Crippen LogP contribution in [0.15, 0.2) is 10.4 Å². The van der Waals surface area contributed by atoms with E-state index in [-0.39, 0.29) is 6.10 Å². The van der Waals surface area contributed by atoms with Crippen LogP contribution < -0.4 is 5.32 Å². The number of methoxy groups -OCH3 is 1. The van der Waals surface area contributed by atoms with E-state index in [9.17, 15) is 4.79 Å². The van der Waals surface area contributed by atoms with Crippen LogP contribution in [0.3, 0.4) is 0 Å². The lowest BCUT2D eigenvalue weighted by Gasteiger charge is -2.28. The van der Waals surface area contributed by atoms with Crippen molar-refractivity contribution in [3.8, 4) is 0 Å². The Morgan fingerprint density at radius 1 is 1.56 bits per heavy atom. The molecule has 7 nitrogen and oxygen atoms in total. The van der Waals surface area contributed by atoms with Crippen LogP contribution in [0.5, 0.6) is 0 Å². The molecule has 2 heterocycles. The standard InChI is InChI=1S/C19H33N5O2S/c1-6-16(24-11-7-8-17(24)25)9-10-21-19(20-3)23(4)12-15-13-27-18(22-15)14(2)26-5/h13-14,16H,6-12H2,1-5H3,(H,20,21). The van der Waals surface area contributed by atoms with Crippen LogP contribution in [0.4, 0.5) is 0 Å². The number of ether oxygens (including phenoxy) is 1. The molecule has 0 bridgehead atoms. The predicted molar refractivity (Wildman–Crippen MR) is 110 cm³/mol. The number of nitrogens with zero attached hydrogens (tertiary/aromatic N) is 4. The maximum absolute atomic E-state index is 12.0. The van der Waals surface area contributed by atoms with Gasteiger partial charge in [0.25, 0.3) is 0 Å². The Bertz CT molecular complexity index is 633. The molecule has 0 aliphatic carbocycles. The van der Waals surface area contributed by atoms with Crippen molar-refractivity contribution < 1.29 is 9.53 Å². The van der Waals surface area contributed by atoms with E-state index in [0.717, 1.165) is 49.0 Å². The largest absolute Gasteiger partial charge is 0.375 e. The first-order chi connectivity index (χ1) is 13.0. The molecule has 1 N–H and O–H groups in total. The highest BCUT2D eigenvalue weighted by Gasteiger charge is 2.26. The van der Waals surface area contributed by atoms with Crippen molar-refractivity contribution >= 4 is 23.2 Å². The summed E-state index contributed by atoms with van der Waals surface area (Å²) in [7, 11) is 5.50. The van der Waals surface area contributed by atoms with Gasteiger partial charge in [-0.1, -0.05) is 6.92 Å². The molecule has 0 radical (unpaired) electrons. The van der Waals surface area contributed by atoms with Gasteiger partial charge in [0.05, 0.1) is 12.2 Å². The Morgan fingerprint density at radius 3 is 2.93 bits per heavy atom. The first kappa shape index (κ1) is 21.6. The summed E-state index contributed by atoms with van der Waals surface area (Å²) in [6.07, 6.45) is 3.63. The van der Waals surface area contributed by atoms with Gasteiger partial charge >= 0.3 is 0 Å². The summed E-state index contributed by atoms with van der Waals surface area (Å²) >= 11 is 1.62. The average Bonchev–Trinajstić information content (AvgIpc) is 3.30. The number of carbonyl (C=O) groups excluding carboxylic acids is 1. The summed E-state index contributed by atoms with van der Waals surface area (Å²) in [6.45, 7) is 6.54. The molecule has 1 aromatic rings. The Balaban J connectivity index is 1.83. The minimum Gasteiger partial charge on any atom is -0.375 e. The van der Waals surface area contributed by atoms with Gasteiger partial charge in [0, 0.05) is 52.1 Å². The van der Waals surface area contributed by atoms with Crippen LogP contribution in [0.25, 0.3) is 0 Å². The molecule has 1 amide bonds. The molecule has 1 aliphatic rings. The van der Waals surface area contributed by atoms with E-state index in [1.54, 1.807) is 25.5 Å². The van der Waals surface area contributed by atoms with Gasteiger partial charge in [0.15, 0.2) is 5.96 Å². The predicted octanol–water partition coefficient (Wildman–Crippen LogP) is 2.65. The maximum atomic E-state index is 12.0. The molecule has 1 fully saturated rings. The average molecular weight is 396 g/mol. The van der Waals surface area contributed by atoms with Gasteiger partial charge in [-0.3, -0.25) is 9.79 Å². The monoisotopic (exact) mass is 395 g/mol. The third-order valence-corrected chi connectivity index (χ3v) is 6.08. The van der Waals surface area contributed by atoms with Gasteiger partial charge in [-0.15, -0.1) is 11.3 Å². The minimum atomic E-state index is 0.0192. The number of nitrogens with one attached hydrogen (secondary N) is 1. The van der Waals surface area contributed by atoms with E-state index >= 15 is 0 Å². The third kappa shape index (κ3) is 5.90. The third-order valence-electron chi connectivity index (χ3n) is 5.03. The van der Waals surface area contributed by atoms with Crippen molar-refractivity contribution in [3.63, 3.8) is 0 Å². The molecule has 1 saturated heterocycles. The molecule has 0 spiro atoms. The SMILES string of the molecule is CCC(CCNC(=NC)N(C)Cc1csc(C(C)OC)n1)N1CCCC1=O. The fourth-order valence-electron chi connectivity index (χ4n) is 3.37. The second kappa shape index (κ2) is 10.6. The zero-order valence-corrected chi connectivity index (χ0v) is 18.0. The molecule has 0 saturated carbocycles. The fourth-order valence-corrected chi connectivity index (χ4v) is 4.21. The van der Waals surface area contributed by atoms with Crippen LogP contribution in [-0.4, -0.2) is 67.0 Å². The van der Waals surface area contributed by atoms with Gasteiger partial charge in [0.1, 0.15) is 11.1 Å². The number of amides is 1. The van der Waals surface area contributed by atoms with E-state index in [4.69, 9.17) is 4.74 Å². The molecular weight excluding hydrogens is 362 g/mol. The molecular formula is C19H33N5O2S. The Morgan fingerprint density at radius 2 is 2.33 bits per heavy atom. The van der Waals surface area contributed by atoms with Crippen molar-refractivity contribution in [2.75, 3.05) is 34.3 Å². The highest BCUT2D eigenvalue weighted by Crippen LogP contribution is 2.21. The number of hydrogen-bond acceptors (Lipinski definition) is 5. The first-order valence-corrected chi connectivity index (χ1v) is 10.6. The van der Waals surface area contributed by atoms with Crippen LogP contribution in [0, 0.1) is 0 Å². The zero-order chi connectivity index (χ0) is 19.8. The van der Waals surface area contributed by atoms with Crippen molar-refractivity contribution in [1.29, 1.82) is 0 Å². The Kier molecular flexibility index (Phi) is 8.50. The highest BCUT2D eigenvalue weighted by molar-refractivity contribution is 7.09. The van der Waals surface area contributed by atoms with E-state index in [0.29, 0.717) is 24.9 Å².